The van der Waals surface area contributed by atoms with Gasteiger partial charge in [-0.15, -0.1) is 11.3 Å². The number of esters is 1. The fourth-order valence-corrected chi connectivity index (χ4v) is 2.79. The fraction of sp³-hybridized carbons (Fsp3) is 0.182. The summed E-state index contributed by atoms with van der Waals surface area (Å²) < 4.78 is 11.1. The lowest BCUT2D eigenvalue weighted by Crippen LogP contribution is -2.09. The van der Waals surface area contributed by atoms with Crippen molar-refractivity contribution >= 4 is 39.9 Å². The van der Waals surface area contributed by atoms with Gasteiger partial charge in [0.2, 0.25) is 5.76 Å². The number of methoxy groups -OCH3 is 1. The van der Waals surface area contributed by atoms with E-state index in [2.05, 4.69) is 27.3 Å². The summed E-state index contributed by atoms with van der Waals surface area (Å²) in [5.41, 5.74) is 7.02. The lowest BCUT2D eigenvalue weighted by Gasteiger charge is -2.05. The molecule has 0 aliphatic carbocycles. The van der Waals surface area contributed by atoms with Crippen LogP contribution in [0.25, 0.3) is 0 Å². The van der Waals surface area contributed by atoms with Gasteiger partial charge in [-0.3, -0.25) is 0 Å². The van der Waals surface area contributed by atoms with E-state index < -0.39 is 5.97 Å². The van der Waals surface area contributed by atoms with Gasteiger partial charge in [-0.2, -0.15) is 0 Å². The number of hydrogen-bond donors (Lipinski definition) is 1. The highest BCUT2D eigenvalue weighted by Gasteiger charge is 2.17. The average molecular weight is 363 g/mol. The highest BCUT2D eigenvalue weighted by Crippen LogP contribution is 2.26. The molecule has 2 heterocycles. The van der Waals surface area contributed by atoms with E-state index in [1.165, 1.54) is 7.11 Å². The quantitative estimate of drug-likeness (QED) is 0.673. The van der Waals surface area contributed by atoms with Crippen LogP contribution in [0.15, 0.2) is 28.0 Å². The molecule has 1 atom stereocenters. The van der Waals surface area contributed by atoms with Crippen molar-refractivity contribution in [2.45, 2.75) is 6.04 Å². The highest BCUT2D eigenvalue weighted by molar-refractivity contribution is 14.1. The third-order valence-corrected chi connectivity index (χ3v) is 4.07. The van der Waals surface area contributed by atoms with E-state index in [0.717, 1.165) is 8.45 Å². The Hall–Kier alpha value is -0.860. The average Bonchev–Trinajstić information content (AvgIpc) is 2.95. The van der Waals surface area contributed by atoms with Crippen molar-refractivity contribution in [3.8, 4) is 0 Å². The zero-order valence-electron chi connectivity index (χ0n) is 8.98. The monoisotopic (exact) mass is 363 g/mol. The number of ether oxygens (including phenoxy) is 1. The Morgan fingerprint density at radius 2 is 2.35 bits per heavy atom. The molecule has 17 heavy (non-hydrogen) atoms. The summed E-state index contributed by atoms with van der Waals surface area (Å²) in [6.45, 7) is 0. The van der Waals surface area contributed by atoms with E-state index in [-0.39, 0.29) is 11.8 Å². The molecule has 4 nitrogen and oxygen atoms in total. The Morgan fingerprint density at radius 1 is 1.59 bits per heavy atom. The SMILES string of the molecule is COC(=O)c1ccc(C(N)c2csc(I)c2)o1. The summed E-state index contributed by atoms with van der Waals surface area (Å²) in [6.07, 6.45) is 0. The van der Waals surface area contributed by atoms with Gasteiger partial charge in [0.15, 0.2) is 0 Å². The van der Waals surface area contributed by atoms with E-state index >= 15 is 0 Å². The second-order valence-corrected chi connectivity index (χ2v) is 6.16. The van der Waals surface area contributed by atoms with Crippen molar-refractivity contribution in [3.63, 3.8) is 0 Å². The molecule has 6 heteroatoms. The molecule has 2 N–H and O–H groups in total. The van der Waals surface area contributed by atoms with Crippen LogP contribution in [0.1, 0.15) is 27.9 Å². The first kappa shape index (κ1) is 12.6. The van der Waals surface area contributed by atoms with Crippen LogP contribution in [-0.4, -0.2) is 13.1 Å². The van der Waals surface area contributed by atoms with Crippen LogP contribution in [0, 0.1) is 2.88 Å². The minimum Gasteiger partial charge on any atom is -0.463 e. The summed E-state index contributed by atoms with van der Waals surface area (Å²) >= 11 is 3.85. The number of hydrogen-bond acceptors (Lipinski definition) is 5. The largest absolute Gasteiger partial charge is 0.463 e. The summed E-state index contributed by atoms with van der Waals surface area (Å²) in [6, 6.07) is 4.91. The lowest BCUT2D eigenvalue weighted by molar-refractivity contribution is 0.0562. The van der Waals surface area contributed by atoms with Gasteiger partial charge in [0.25, 0.3) is 0 Å². The maximum Gasteiger partial charge on any atom is 0.373 e. The number of carbonyl (C=O) groups is 1. The smallest absolute Gasteiger partial charge is 0.373 e. The fourth-order valence-electron chi connectivity index (χ4n) is 1.38. The zero-order valence-corrected chi connectivity index (χ0v) is 11.9. The van der Waals surface area contributed by atoms with Gasteiger partial charge < -0.3 is 14.9 Å². The normalized spacial score (nSPS) is 12.4. The molecule has 0 spiro atoms. The molecular formula is C11H10INO3S. The molecule has 0 fully saturated rings. The van der Waals surface area contributed by atoms with Crippen LogP contribution in [0.4, 0.5) is 0 Å². The molecule has 2 rings (SSSR count). The predicted molar refractivity (Wildman–Crippen MR) is 73.1 cm³/mol. The standard InChI is InChI=1S/C11H10INO3S/c1-15-11(14)8-3-2-7(16-8)10(13)6-4-9(12)17-5-6/h2-5,10H,13H2,1H3. The third-order valence-electron chi connectivity index (χ3n) is 2.27. The molecule has 0 aromatic carbocycles. The molecule has 0 amide bonds. The van der Waals surface area contributed by atoms with E-state index in [0.29, 0.717) is 5.76 Å². The molecule has 90 valence electrons. The van der Waals surface area contributed by atoms with Gasteiger partial charge in [0.05, 0.1) is 16.0 Å². The number of nitrogens with two attached hydrogens (primary N) is 1. The predicted octanol–water partition coefficient (Wildman–Crippen LogP) is 2.78. The van der Waals surface area contributed by atoms with Gasteiger partial charge >= 0.3 is 5.97 Å². The summed E-state index contributed by atoms with van der Waals surface area (Å²) in [5, 5.41) is 1.98. The molecule has 1 unspecified atom stereocenters. The molecule has 0 saturated heterocycles. The zero-order chi connectivity index (χ0) is 12.4. The molecule has 0 bridgehead atoms. The van der Waals surface area contributed by atoms with Crippen LogP contribution in [-0.2, 0) is 4.74 Å². The summed E-state index contributed by atoms with van der Waals surface area (Å²) in [5.74, 6) is 0.228. The van der Waals surface area contributed by atoms with Gasteiger partial charge in [-0.05, 0) is 51.7 Å². The van der Waals surface area contributed by atoms with Gasteiger partial charge in [-0.25, -0.2) is 4.79 Å². The van der Waals surface area contributed by atoms with Crippen LogP contribution < -0.4 is 5.73 Å². The van der Waals surface area contributed by atoms with Crippen molar-refractivity contribution in [3.05, 3.63) is 43.5 Å². The molecular weight excluding hydrogens is 353 g/mol. The maximum atomic E-state index is 11.2. The number of furan rings is 1. The minimum absolute atomic E-state index is 0.169. The summed E-state index contributed by atoms with van der Waals surface area (Å²) in [7, 11) is 1.31. The van der Waals surface area contributed by atoms with Crippen molar-refractivity contribution in [2.75, 3.05) is 7.11 Å². The Kier molecular flexibility index (Phi) is 3.85. The van der Waals surface area contributed by atoms with Crippen molar-refractivity contribution in [1.29, 1.82) is 0 Å². The van der Waals surface area contributed by atoms with Crippen molar-refractivity contribution < 1.29 is 13.9 Å². The Balaban J connectivity index is 2.23. The molecule has 0 radical (unpaired) electrons. The first-order valence-electron chi connectivity index (χ1n) is 4.79. The maximum absolute atomic E-state index is 11.2. The van der Waals surface area contributed by atoms with Crippen molar-refractivity contribution in [2.24, 2.45) is 5.73 Å². The molecule has 0 aliphatic rings. The Morgan fingerprint density at radius 3 is 2.94 bits per heavy atom. The first-order chi connectivity index (χ1) is 8.11. The van der Waals surface area contributed by atoms with E-state index in [1.807, 2.05) is 11.4 Å². The van der Waals surface area contributed by atoms with Gasteiger partial charge in [-0.1, -0.05) is 0 Å². The van der Waals surface area contributed by atoms with E-state index in [9.17, 15) is 4.79 Å². The van der Waals surface area contributed by atoms with Crippen LogP contribution >= 0.6 is 33.9 Å². The van der Waals surface area contributed by atoms with Crippen molar-refractivity contribution in [1.82, 2.24) is 0 Å². The molecule has 2 aromatic heterocycles. The second kappa shape index (κ2) is 5.19. The topological polar surface area (TPSA) is 65.5 Å². The molecule has 0 aliphatic heterocycles. The van der Waals surface area contributed by atoms with Gasteiger partial charge in [0.1, 0.15) is 5.76 Å². The van der Waals surface area contributed by atoms with Crippen LogP contribution in [0.3, 0.4) is 0 Å². The highest BCUT2D eigenvalue weighted by atomic mass is 127. The van der Waals surface area contributed by atoms with E-state index in [1.54, 1.807) is 23.5 Å². The minimum atomic E-state index is -0.497. The number of halogens is 1. The van der Waals surface area contributed by atoms with E-state index in [4.69, 9.17) is 10.2 Å². The second-order valence-electron chi connectivity index (χ2n) is 3.36. The number of carbonyl (C=O) groups excluding carboxylic acids is 1. The third kappa shape index (κ3) is 2.70. The lowest BCUT2D eigenvalue weighted by atomic mass is 10.1. The molecule has 0 saturated carbocycles. The number of thiophene rings is 1. The summed E-state index contributed by atoms with van der Waals surface area (Å²) in [4.78, 5) is 11.2. The Bertz CT molecular complexity index is 534. The number of rotatable bonds is 3. The van der Waals surface area contributed by atoms with Crippen LogP contribution in [0.2, 0.25) is 0 Å². The first-order valence-corrected chi connectivity index (χ1v) is 6.75. The molecule has 2 aromatic rings. The van der Waals surface area contributed by atoms with Gasteiger partial charge in [0, 0.05) is 0 Å². The van der Waals surface area contributed by atoms with Crippen LogP contribution in [0.5, 0.6) is 0 Å². The Labute approximate surface area is 116 Å².